The van der Waals surface area contributed by atoms with E-state index in [1.165, 1.54) is 12.1 Å². The number of benzene rings is 1. The molecule has 2 heterocycles. The highest BCUT2D eigenvalue weighted by Crippen LogP contribution is 2.11. The molecule has 1 fully saturated rings. The zero-order chi connectivity index (χ0) is 17.6. The Bertz CT molecular complexity index is 698. The quantitative estimate of drug-likeness (QED) is 0.835. The molecule has 1 amide bonds. The van der Waals surface area contributed by atoms with Crippen molar-refractivity contribution in [3.8, 4) is 0 Å². The van der Waals surface area contributed by atoms with Crippen LogP contribution in [-0.2, 0) is 24.8 Å². The lowest BCUT2D eigenvalue weighted by atomic mass is 10.1. The van der Waals surface area contributed by atoms with Crippen LogP contribution in [0.3, 0.4) is 0 Å². The molecule has 1 aliphatic heterocycles. The molecule has 0 saturated carbocycles. The van der Waals surface area contributed by atoms with Crippen molar-refractivity contribution in [2.45, 2.75) is 25.8 Å². The third kappa shape index (κ3) is 4.89. The van der Waals surface area contributed by atoms with Gasteiger partial charge in [-0.25, -0.2) is 9.37 Å². The number of carbonyl (C=O) groups excluding carboxylic acids is 1. The van der Waals surface area contributed by atoms with Gasteiger partial charge >= 0.3 is 0 Å². The fraction of sp³-hybridized carbons (Fsp3) is 0.474. The van der Waals surface area contributed by atoms with E-state index < -0.39 is 0 Å². The van der Waals surface area contributed by atoms with Crippen molar-refractivity contribution in [3.63, 3.8) is 0 Å². The van der Waals surface area contributed by atoms with Gasteiger partial charge in [0.05, 0.1) is 6.54 Å². The van der Waals surface area contributed by atoms with E-state index in [4.69, 9.17) is 0 Å². The van der Waals surface area contributed by atoms with Gasteiger partial charge in [0.1, 0.15) is 11.6 Å². The summed E-state index contributed by atoms with van der Waals surface area (Å²) in [6.45, 7) is 4.23. The van der Waals surface area contributed by atoms with Crippen molar-refractivity contribution in [1.82, 2.24) is 19.4 Å². The molecule has 0 aliphatic carbocycles. The summed E-state index contributed by atoms with van der Waals surface area (Å²) in [6, 6.07) is 6.39. The maximum Gasteiger partial charge on any atom is 0.222 e. The first-order valence-electron chi connectivity index (χ1n) is 8.82. The fourth-order valence-electron chi connectivity index (χ4n) is 3.19. The summed E-state index contributed by atoms with van der Waals surface area (Å²) in [5, 5.41) is 0. The van der Waals surface area contributed by atoms with Crippen LogP contribution < -0.4 is 0 Å². The molecule has 1 aromatic carbocycles. The summed E-state index contributed by atoms with van der Waals surface area (Å²) in [5.74, 6) is 0.995. The first-order valence-corrected chi connectivity index (χ1v) is 8.82. The Labute approximate surface area is 148 Å². The van der Waals surface area contributed by atoms with Gasteiger partial charge in [-0.1, -0.05) is 12.1 Å². The van der Waals surface area contributed by atoms with Crippen molar-refractivity contribution in [3.05, 3.63) is 53.9 Å². The van der Waals surface area contributed by atoms with Gasteiger partial charge < -0.3 is 9.47 Å². The second-order valence-electron chi connectivity index (χ2n) is 6.59. The van der Waals surface area contributed by atoms with Gasteiger partial charge in [0.2, 0.25) is 5.91 Å². The molecule has 0 unspecified atom stereocenters. The molecule has 25 heavy (non-hydrogen) atoms. The monoisotopic (exact) mass is 344 g/mol. The van der Waals surface area contributed by atoms with E-state index >= 15 is 0 Å². The maximum atomic E-state index is 12.9. The number of amides is 1. The summed E-state index contributed by atoms with van der Waals surface area (Å²) < 4.78 is 15.0. The molecule has 0 radical (unpaired) electrons. The Hall–Kier alpha value is -2.21. The average molecular weight is 344 g/mol. The standard InChI is InChI=1S/C19H25FN4O/c1-22-12-9-21-18(22)15-23-10-2-11-24(14-13-23)19(25)8-5-16-3-6-17(20)7-4-16/h3-4,6-7,9,12H,2,5,8,10-11,13-15H2,1H3. The number of hydrogen-bond donors (Lipinski definition) is 0. The number of aryl methyl sites for hydroxylation is 2. The molecule has 0 bridgehead atoms. The van der Waals surface area contributed by atoms with Crippen molar-refractivity contribution < 1.29 is 9.18 Å². The van der Waals surface area contributed by atoms with Gasteiger partial charge in [0.15, 0.2) is 0 Å². The van der Waals surface area contributed by atoms with Crippen molar-refractivity contribution in [1.29, 1.82) is 0 Å². The van der Waals surface area contributed by atoms with Crippen LogP contribution >= 0.6 is 0 Å². The first kappa shape index (κ1) is 17.6. The van der Waals surface area contributed by atoms with Crippen molar-refractivity contribution in [2.24, 2.45) is 7.05 Å². The number of aromatic nitrogens is 2. The van der Waals surface area contributed by atoms with Crippen LogP contribution in [-0.4, -0.2) is 51.4 Å². The number of nitrogens with zero attached hydrogens (tertiary/aromatic N) is 4. The molecule has 5 nitrogen and oxygen atoms in total. The normalized spacial score (nSPS) is 16.0. The van der Waals surface area contributed by atoms with E-state index in [2.05, 4.69) is 9.88 Å². The van der Waals surface area contributed by atoms with Crippen LogP contribution in [0.25, 0.3) is 0 Å². The predicted molar refractivity (Wildman–Crippen MR) is 94.4 cm³/mol. The molecule has 0 N–H and O–H groups in total. The van der Waals surface area contributed by atoms with Crippen LogP contribution in [0.1, 0.15) is 24.2 Å². The van der Waals surface area contributed by atoms with Gasteiger partial charge in [-0.15, -0.1) is 0 Å². The number of hydrogen-bond acceptors (Lipinski definition) is 3. The predicted octanol–water partition coefficient (Wildman–Crippen LogP) is 2.23. The Balaban J connectivity index is 1.47. The van der Waals surface area contributed by atoms with Crippen LogP contribution in [0.2, 0.25) is 0 Å². The Morgan fingerprint density at radius 2 is 1.96 bits per heavy atom. The second-order valence-corrected chi connectivity index (χ2v) is 6.59. The Morgan fingerprint density at radius 1 is 1.16 bits per heavy atom. The third-order valence-corrected chi connectivity index (χ3v) is 4.77. The highest BCUT2D eigenvalue weighted by Gasteiger charge is 2.19. The van der Waals surface area contributed by atoms with E-state index in [0.29, 0.717) is 12.8 Å². The largest absolute Gasteiger partial charge is 0.341 e. The van der Waals surface area contributed by atoms with Gasteiger partial charge in [0.25, 0.3) is 0 Å². The van der Waals surface area contributed by atoms with Crippen molar-refractivity contribution in [2.75, 3.05) is 26.2 Å². The molecule has 134 valence electrons. The minimum absolute atomic E-state index is 0.183. The van der Waals surface area contributed by atoms with Crippen LogP contribution in [0.15, 0.2) is 36.7 Å². The van der Waals surface area contributed by atoms with E-state index in [0.717, 1.165) is 50.5 Å². The van der Waals surface area contributed by atoms with E-state index in [1.54, 1.807) is 12.1 Å². The molecule has 1 aliphatic rings. The lowest BCUT2D eigenvalue weighted by Gasteiger charge is -2.22. The van der Waals surface area contributed by atoms with Crippen LogP contribution in [0.4, 0.5) is 4.39 Å². The molecule has 1 saturated heterocycles. The second kappa shape index (κ2) is 8.25. The summed E-state index contributed by atoms with van der Waals surface area (Å²) in [7, 11) is 2.01. The highest BCUT2D eigenvalue weighted by molar-refractivity contribution is 5.76. The molecule has 2 aromatic rings. The average Bonchev–Trinajstić information content (AvgIpc) is 2.87. The van der Waals surface area contributed by atoms with Gasteiger partial charge in [-0.2, -0.15) is 0 Å². The van der Waals surface area contributed by atoms with Gasteiger partial charge in [-0.05, 0) is 30.5 Å². The van der Waals surface area contributed by atoms with E-state index in [9.17, 15) is 9.18 Å². The van der Waals surface area contributed by atoms with Gasteiger partial charge in [0, 0.05) is 52.0 Å². The third-order valence-electron chi connectivity index (χ3n) is 4.77. The van der Waals surface area contributed by atoms with E-state index in [1.807, 2.05) is 28.9 Å². The molecule has 0 atom stereocenters. The van der Waals surface area contributed by atoms with Crippen LogP contribution in [0, 0.1) is 5.82 Å². The molecular weight excluding hydrogens is 319 g/mol. The molecule has 0 spiro atoms. The Kier molecular flexibility index (Phi) is 5.81. The minimum atomic E-state index is -0.240. The molecule has 1 aromatic heterocycles. The number of imidazole rings is 1. The lowest BCUT2D eigenvalue weighted by Crippen LogP contribution is -2.35. The topological polar surface area (TPSA) is 41.4 Å². The zero-order valence-corrected chi connectivity index (χ0v) is 14.7. The summed E-state index contributed by atoms with van der Waals surface area (Å²) in [6.07, 6.45) is 5.89. The van der Waals surface area contributed by atoms with Crippen LogP contribution in [0.5, 0.6) is 0 Å². The summed E-state index contributed by atoms with van der Waals surface area (Å²) in [5.41, 5.74) is 1.00. The zero-order valence-electron chi connectivity index (χ0n) is 14.7. The SMILES string of the molecule is Cn1ccnc1CN1CCCN(C(=O)CCc2ccc(F)cc2)CC1. The summed E-state index contributed by atoms with van der Waals surface area (Å²) in [4.78, 5) is 21.2. The maximum absolute atomic E-state index is 12.9. The first-order chi connectivity index (χ1) is 12.1. The minimum Gasteiger partial charge on any atom is -0.341 e. The number of rotatable bonds is 5. The van der Waals surface area contributed by atoms with Gasteiger partial charge in [-0.3, -0.25) is 9.69 Å². The Morgan fingerprint density at radius 3 is 2.68 bits per heavy atom. The van der Waals surface area contributed by atoms with Crippen molar-refractivity contribution >= 4 is 5.91 Å². The molecule has 3 rings (SSSR count). The number of carbonyl (C=O) groups is 1. The molecule has 6 heteroatoms. The lowest BCUT2D eigenvalue weighted by molar-refractivity contribution is -0.131. The highest BCUT2D eigenvalue weighted by atomic mass is 19.1. The fourth-order valence-corrected chi connectivity index (χ4v) is 3.19. The number of halogens is 1. The smallest absolute Gasteiger partial charge is 0.222 e. The van der Waals surface area contributed by atoms with E-state index in [-0.39, 0.29) is 11.7 Å². The molecular formula is C19H25FN4O. The summed E-state index contributed by atoms with van der Waals surface area (Å²) >= 11 is 0.